The molecule has 1 amide bonds. The number of nitro groups is 1. The van der Waals surface area contributed by atoms with Crippen LogP contribution in [0.1, 0.15) is 32.7 Å². The van der Waals surface area contributed by atoms with Crippen LogP contribution in [0.3, 0.4) is 0 Å². The number of carbonyl (C=O) groups is 1. The maximum Gasteiger partial charge on any atom is 0.269 e. The van der Waals surface area contributed by atoms with Crippen LogP contribution in [0.5, 0.6) is 0 Å². The Morgan fingerprint density at radius 2 is 1.72 bits per heavy atom. The molecule has 0 spiro atoms. The van der Waals surface area contributed by atoms with Gasteiger partial charge in [0.05, 0.1) is 27.0 Å². The van der Waals surface area contributed by atoms with E-state index < -0.39 is 32.2 Å². The molecular formula is C33H23FN6O5S. The standard InChI is InChI=1S/C33H23FN6O5S/c34-27-6-2-23(3-7-27)1-4-25-20-26(33(41)36-21-24-13-16-38-18-15-35-32(38)19-24)5-12-31(25)46(44,45)22-28-14-17-39(37-28)29-8-10-30(11-9-29)40(42)43/h2-3,5-20H,21-22H2,(H,36,41). The van der Waals surface area contributed by atoms with Crippen molar-refractivity contribution < 1.29 is 22.5 Å². The number of hydrogen-bond acceptors (Lipinski definition) is 7. The summed E-state index contributed by atoms with van der Waals surface area (Å²) >= 11 is 0. The van der Waals surface area contributed by atoms with Crippen molar-refractivity contribution in [3.8, 4) is 17.5 Å². The van der Waals surface area contributed by atoms with Crippen LogP contribution in [0.2, 0.25) is 0 Å². The summed E-state index contributed by atoms with van der Waals surface area (Å²) in [5.74, 6) is 4.36. The predicted molar refractivity (Wildman–Crippen MR) is 166 cm³/mol. The molecule has 0 saturated carbocycles. The highest BCUT2D eigenvalue weighted by Crippen LogP contribution is 2.23. The zero-order valence-electron chi connectivity index (χ0n) is 23.9. The van der Waals surface area contributed by atoms with E-state index in [9.17, 15) is 27.7 Å². The molecule has 3 aromatic carbocycles. The molecule has 46 heavy (non-hydrogen) atoms. The number of benzene rings is 3. The number of nitrogens with zero attached hydrogens (tertiary/aromatic N) is 5. The van der Waals surface area contributed by atoms with Gasteiger partial charge in [0.1, 0.15) is 11.5 Å². The van der Waals surface area contributed by atoms with Gasteiger partial charge in [-0.25, -0.2) is 22.5 Å². The lowest BCUT2D eigenvalue weighted by Gasteiger charge is -2.10. The zero-order chi connectivity index (χ0) is 32.3. The van der Waals surface area contributed by atoms with E-state index in [1.807, 2.05) is 28.9 Å². The lowest BCUT2D eigenvalue weighted by molar-refractivity contribution is -0.384. The van der Waals surface area contributed by atoms with Gasteiger partial charge in [0.25, 0.3) is 11.6 Å². The Bertz CT molecular complexity index is 2270. The molecule has 3 aromatic heterocycles. The van der Waals surface area contributed by atoms with Crippen molar-refractivity contribution in [2.75, 3.05) is 0 Å². The van der Waals surface area contributed by atoms with E-state index in [2.05, 4.69) is 27.2 Å². The molecule has 11 nitrogen and oxygen atoms in total. The number of sulfone groups is 1. The minimum absolute atomic E-state index is 0.0825. The van der Waals surface area contributed by atoms with Crippen LogP contribution >= 0.6 is 0 Å². The molecule has 0 saturated heterocycles. The molecule has 0 bridgehead atoms. The van der Waals surface area contributed by atoms with Crippen molar-refractivity contribution in [3.63, 3.8) is 0 Å². The van der Waals surface area contributed by atoms with Gasteiger partial charge in [0.2, 0.25) is 0 Å². The molecule has 228 valence electrons. The highest BCUT2D eigenvalue weighted by Gasteiger charge is 2.22. The number of halogens is 1. The third-order valence-electron chi connectivity index (χ3n) is 6.99. The number of amides is 1. The van der Waals surface area contributed by atoms with Gasteiger partial charge in [-0.2, -0.15) is 5.10 Å². The van der Waals surface area contributed by atoms with E-state index in [1.165, 1.54) is 77.5 Å². The highest BCUT2D eigenvalue weighted by molar-refractivity contribution is 7.90. The van der Waals surface area contributed by atoms with Crippen molar-refractivity contribution in [1.29, 1.82) is 0 Å². The molecule has 0 aliphatic carbocycles. The minimum atomic E-state index is -4.02. The molecule has 3 heterocycles. The number of non-ortho nitro benzene ring substituents is 1. The van der Waals surface area contributed by atoms with Crippen LogP contribution in [0.25, 0.3) is 11.3 Å². The fourth-order valence-corrected chi connectivity index (χ4v) is 6.06. The number of nitrogens with one attached hydrogen (secondary N) is 1. The number of fused-ring (bicyclic) bond motifs is 1. The molecule has 0 radical (unpaired) electrons. The first-order valence-corrected chi connectivity index (χ1v) is 15.4. The lowest BCUT2D eigenvalue weighted by atomic mass is 10.1. The summed E-state index contributed by atoms with van der Waals surface area (Å²) in [4.78, 5) is 27.7. The first-order valence-electron chi connectivity index (χ1n) is 13.8. The molecule has 0 aliphatic rings. The summed E-state index contributed by atoms with van der Waals surface area (Å²) < 4.78 is 44.0. The Balaban J connectivity index is 1.27. The largest absolute Gasteiger partial charge is 0.348 e. The number of hydrogen-bond donors (Lipinski definition) is 1. The third-order valence-corrected chi connectivity index (χ3v) is 8.69. The topological polar surface area (TPSA) is 142 Å². The lowest BCUT2D eigenvalue weighted by Crippen LogP contribution is -2.23. The van der Waals surface area contributed by atoms with Crippen LogP contribution in [0, 0.1) is 27.8 Å². The van der Waals surface area contributed by atoms with Gasteiger partial charge in [0, 0.05) is 60.2 Å². The fourth-order valence-electron chi connectivity index (χ4n) is 4.64. The number of aromatic nitrogens is 4. The van der Waals surface area contributed by atoms with Crippen LogP contribution in [-0.4, -0.2) is 38.4 Å². The van der Waals surface area contributed by atoms with E-state index >= 15 is 0 Å². The summed E-state index contributed by atoms with van der Waals surface area (Å²) in [5, 5.41) is 18.1. The second-order valence-corrected chi connectivity index (χ2v) is 12.1. The molecule has 1 N–H and O–H groups in total. The van der Waals surface area contributed by atoms with Crippen molar-refractivity contribution in [3.05, 3.63) is 154 Å². The smallest absolute Gasteiger partial charge is 0.269 e. The molecule has 0 atom stereocenters. The zero-order valence-corrected chi connectivity index (χ0v) is 24.7. The SMILES string of the molecule is O=C(NCc1ccn2ccnc2c1)c1ccc(S(=O)(=O)Cc2ccn(-c3ccc([N+](=O)[O-])cc3)n2)c(C#Cc2ccc(F)cc2)c1. The summed E-state index contributed by atoms with van der Waals surface area (Å²) in [6.45, 7) is 0.219. The summed E-state index contributed by atoms with van der Waals surface area (Å²) in [6, 6.07) is 20.5. The predicted octanol–water partition coefficient (Wildman–Crippen LogP) is 4.87. The van der Waals surface area contributed by atoms with Gasteiger partial charge in [-0.15, -0.1) is 0 Å². The molecule has 0 aliphatic heterocycles. The van der Waals surface area contributed by atoms with E-state index in [4.69, 9.17) is 0 Å². The Labute approximate surface area is 262 Å². The van der Waals surface area contributed by atoms with Crippen LogP contribution in [-0.2, 0) is 22.1 Å². The average Bonchev–Trinajstić information content (AvgIpc) is 3.72. The summed E-state index contributed by atoms with van der Waals surface area (Å²) in [7, 11) is -4.02. The first kappa shape index (κ1) is 29.9. The second-order valence-electron chi connectivity index (χ2n) is 10.2. The van der Waals surface area contributed by atoms with Gasteiger partial charge in [-0.3, -0.25) is 14.9 Å². The number of pyridine rings is 1. The Kier molecular flexibility index (Phi) is 8.11. The Morgan fingerprint density at radius 1 is 0.935 bits per heavy atom. The average molecular weight is 635 g/mol. The second kappa shape index (κ2) is 12.5. The van der Waals surface area contributed by atoms with E-state index in [0.717, 1.165) is 11.2 Å². The molecule has 6 rings (SSSR count). The monoisotopic (exact) mass is 634 g/mol. The van der Waals surface area contributed by atoms with Gasteiger partial charge < -0.3 is 9.72 Å². The van der Waals surface area contributed by atoms with Crippen LogP contribution in [0.4, 0.5) is 10.1 Å². The first-order chi connectivity index (χ1) is 22.1. The normalized spacial score (nSPS) is 11.2. The summed E-state index contributed by atoms with van der Waals surface area (Å²) in [5.41, 5.74) is 2.97. The minimum Gasteiger partial charge on any atom is -0.348 e. The third kappa shape index (κ3) is 6.67. The van der Waals surface area contributed by atoms with Gasteiger partial charge >= 0.3 is 0 Å². The Hall–Kier alpha value is -6.13. The van der Waals surface area contributed by atoms with Gasteiger partial charge in [-0.1, -0.05) is 11.8 Å². The van der Waals surface area contributed by atoms with Gasteiger partial charge in [-0.05, 0) is 78.4 Å². The maximum absolute atomic E-state index is 13.7. The molecular weight excluding hydrogens is 611 g/mol. The van der Waals surface area contributed by atoms with Crippen LogP contribution in [0.15, 0.2) is 115 Å². The van der Waals surface area contributed by atoms with Crippen molar-refractivity contribution in [2.45, 2.75) is 17.2 Å². The number of imidazole rings is 1. The fraction of sp³-hybridized carbons (Fsp3) is 0.0606. The van der Waals surface area contributed by atoms with Crippen molar-refractivity contribution in [1.82, 2.24) is 24.5 Å². The molecule has 0 fully saturated rings. The summed E-state index contributed by atoms with van der Waals surface area (Å²) in [6.07, 6.45) is 6.87. The van der Waals surface area contributed by atoms with E-state index in [-0.39, 0.29) is 33.9 Å². The quantitative estimate of drug-likeness (QED) is 0.143. The molecule has 6 aromatic rings. The highest BCUT2D eigenvalue weighted by atomic mass is 32.2. The number of rotatable bonds is 8. The van der Waals surface area contributed by atoms with E-state index in [0.29, 0.717) is 11.3 Å². The molecule has 0 unspecified atom stereocenters. The van der Waals surface area contributed by atoms with Gasteiger partial charge in [0.15, 0.2) is 9.84 Å². The van der Waals surface area contributed by atoms with Crippen molar-refractivity contribution >= 4 is 27.1 Å². The number of carbonyl (C=O) groups excluding carboxylic acids is 1. The number of nitro benzene ring substituents is 1. The Morgan fingerprint density at radius 3 is 2.48 bits per heavy atom. The molecule has 13 heteroatoms. The maximum atomic E-state index is 13.7. The van der Waals surface area contributed by atoms with Crippen molar-refractivity contribution in [2.24, 2.45) is 0 Å². The van der Waals surface area contributed by atoms with Crippen LogP contribution < -0.4 is 5.32 Å². The van der Waals surface area contributed by atoms with E-state index in [1.54, 1.807) is 12.4 Å².